The van der Waals surface area contributed by atoms with E-state index in [2.05, 4.69) is 5.32 Å². The van der Waals surface area contributed by atoms with Gasteiger partial charge in [0, 0.05) is 12.6 Å². The van der Waals surface area contributed by atoms with E-state index in [0.717, 1.165) is 37.8 Å². The summed E-state index contributed by atoms with van der Waals surface area (Å²) in [5.74, 6) is 0. The quantitative estimate of drug-likeness (QED) is 0.906. The molecule has 112 valence electrons. The van der Waals surface area contributed by atoms with Gasteiger partial charge in [0.15, 0.2) is 0 Å². The first-order chi connectivity index (χ1) is 9.55. The van der Waals surface area contributed by atoms with Crippen molar-refractivity contribution in [1.29, 1.82) is 0 Å². The van der Waals surface area contributed by atoms with E-state index in [1.807, 2.05) is 26.1 Å². The van der Waals surface area contributed by atoms with Crippen molar-refractivity contribution in [3.8, 4) is 0 Å². The summed E-state index contributed by atoms with van der Waals surface area (Å²) in [5.41, 5.74) is 0.981. The molecule has 1 aliphatic heterocycles. The van der Waals surface area contributed by atoms with Gasteiger partial charge in [-0.2, -0.15) is 4.31 Å². The second-order valence-corrected chi connectivity index (χ2v) is 7.36. The molecule has 1 N–H and O–H groups in total. The second-order valence-electron chi connectivity index (χ2n) is 5.47. The van der Waals surface area contributed by atoms with Gasteiger partial charge in [-0.1, -0.05) is 18.6 Å². The van der Waals surface area contributed by atoms with Crippen LogP contribution in [0.25, 0.3) is 0 Å². The lowest BCUT2D eigenvalue weighted by Gasteiger charge is -2.34. The minimum atomic E-state index is -3.36. The zero-order valence-corrected chi connectivity index (χ0v) is 13.1. The van der Waals surface area contributed by atoms with E-state index in [-0.39, 0.29) is 6.04 Å². The average molecular weight is 296 g/mol. The molecule has 1 aromatic rings. The molecule has 0 aliphatic carbocycles. The standard InChI is InChI=1S/C15H24N2O2S/c1-13-6-5-8-15(12-13)20(18,19)17-11-4-3-7-14(17)9-10-16-2/h5-6,8,12,14,16H,3-4,7,9-11H2,1-2H3. The Morgan fingerprint density at radius 1 is 1.35 bits per heavy atom. The molecule has 2 rings (SSSR count). The van der Waals surface area contributed by atoms with E-state index in [1.165, 1.54) is 0 Å². The molecule has 1 saturated heterocycles. The molecular formula is C15H24N2O2S. The summed E-state index contributed by atoms with van der Waals surface area (Å²) in [6.07, 6.45) is 3.92. The first kappa shape index (κ1) is 15.5. The number of sulfonamides is 1. The van der Waals surface area contributed by atoms with Crippen LogP contribution in [0, 0.1) is 6.92 Å². The maximum atomic E-state index is 12.8. The number of benzene rings is 1. The van der Waals surface area contributed by atoms with Gasteiger partial charge >= 0.3 is 0 Å². The Bertz CT molecular complexity index is 543. The molecule has 0 radical (unpaired) electrons. The number of hydrogen-bond acceptors (Lipinski definition) is 3. The van der Waals surface area contributed by atoms with E-state index in [4.69, 9.17) is 0 Å². The number of nitrogens with one attached hydrogen (secondary N) is 1. The maximum absolute atomic E-state index is 12.8. The normalized spacial score (nSPS) is 21.0. The largest absolute Gasteiger partial charge is 0.320 e. The Hall–Kier alpha value is -0.910. The van der Waals surface area contributed by atoms with Crippen LogP contribution in [0.1, 0.15) is 31.2 Å². The van der Waals surface area contributed by atoms with Crippen LogP contribution in [0.3, 0.4) is 0 Å². The van der Waals surface area contributed by atoms with Gasteiger partial charge in [0.25, 0.3) is 0 Å². The highest BCUT2D eigenvalue weighted by Gasteiger charge is 2.32. The number of nitrogens with zero attached hydrogens (tertiary/aromatic N) is 1. The highest BCUT2D eigenvalue weighted by atomic mass is 32.2. The lowest BCUT2D eigenvalue weighted by Crippen LogP contribution is -2.44. The van der Waals surface area contributed by atoms with Crippen LogP contribution in [0.4, 0.5) is 0 Å². The van der Waals surface area contributed by atoms with Crippen molar-refractivity contribution < 1.29 is 8.42 Å². The molecular weight excluding hydrogens is 272 g/mol. The van der Waals surface area contributed by atoms with Crippen LogP contribution in [0.2, 0.25) is 0 Å². The predicted molar refractivity (Wildman–Crippen MR) is 81.3 cm³/mol. The molecule has 1 heterocycles. The van der Waals surface area contributed by atoms with Crippen LogP contribution < -0.4 is 5.32 Å². The Labute approximate surface area is 122 Å². The molecule has 0 amide bonds. The first-order valence-electron chi connectivity index (χ1n) is 7.29. The fraction of sp³-hybridized carbons (Fsp3) is 0.600. The number of aryl methyl sites for hydroxylation is 1. The van der Waals surface area contributed by atoms with Crippen LogP contribution in [0.15, 0.2) is 29.2 Å². The van der Waals surface area contributed by atoms with Crippen molar-refractivity contribution in [1.82, 2.24) is 9.62 Å². The SMILES string of the molecule is CNCCC1CCCCN1S(=O)(=O)c1cccc(C)c1. The van der Waals surface area contributed by atoms with Gasteiger partial charge in [0.1, 0.15) is 0 Å². The van der Waals surface area contributed by atoms with Gasteiger partial charge in [-0.25, -0.2) is 8.42 Å². The number of piperidine rings is 1. The summed E-state index contributed by atoms with van der Waals surface area (Å²) in [6, 6.07) is 7.33. The second kappa shape index (κ2) is 6.70. The van der Waals surface area contributed by atoms with Crippen LogP contribution in [-0.4, -0.2) is 38.9 Å². The van der Waals surface area contributed by atoms with Crippen molar-refractivity contribution in [2.75, 3.05) is 20.1 Å². The summed E-state index contributed by atoms with van der Waals surface area (Å²) < 4.78 is 27.3. The van der Waals surface area contributed by atoms with Crippen LogP contribution >= 0.6 is 0 Å². The van der Waals surface area contributed by atoms with Crippen molar-refractivity contribution in [2.45, 2.75) is 43.5 Å². The van der Waals surface area contributed by atoms with E-state index in [0.29, 0.717) is 11.4 Å². The van der Waals surface area contributed by atoms with Gasteiger partial charge in [0.05, 0.1) is 4.90 Å². The summed E-state index contributed by atoms with van der Waals surface area (Å²) in [5, 5.41) is 3.11. The minimum absolute atomic E-state index is 0.127. The van der Waals surface area contributed by atoms with E-state index in [1.54, 1.807) is 16.4 Å². The Balaban J connectivity index is 2.26. The molecule has 4 nitrogen and oxygen atoms in total. The fourth-order valence-electron chi connectivity index (χ4n) is 2.80. The summed E-state index contributed by atoms with van der Waals surface area (Å²) in [7, 11) is -1.45. The molecule has 0 saturated carbocycles. The number of rotatable bonds is 5. The summed E-state index contributed by atoms with van der Waals surface area (Å²) in [6.45, 7) is 3.42. The molecule has 20 heavy (non-hydrogen) atoms. The first-order valence-corrected chi connectivity index (χ1v) is 8.73. The van der Waals surface area contributed by atoms with Crippen molar-refractivity contribution in [3.05, 3.63) is 29.8 Å². The molecule has 1 fully saturated rings. The third kappa shape index (κ3) is 3.40. The Morgan fingerprint density at radius 2 is 2.15 bits per heavy atom. The zero-order chi connectivity index (χ0) is 14.6. The molecule has 1 aromatic carbocycles. The number of hydrogen-bond donors (Lipinski definition) is 1. The predicted octanol–water partition coefficient (Wildman–Crippen LogP) is 2.15. The highest BCUT2D eigenvalue weighted by Crippen LogP contribution is 2.27. The van der Waals surface area contributed by atoms with Crippen molar-refractivity contribution in [3.63, 3.8) is 0 Å². The van der Waals surface area contributed by atoms with Gasteiger partial charge in [-0.3, -0.25) is 0 Å². The fourth-order valence-corrected chi connectivity index (χ4v) is 4.63. The smallest absolute Gasteiger partial charge is 0.243 e. The lowest BCUT2D eigenvalue weighted by molar-refractivity contribution is 0.240. The highest BCUT2D eigenvalue weighted by molar-refractivity contribution is 7.89. The topological polar surface area (TPSA) is 49.4 Å². The Kier molecular flexibility index (Phi) is 5.18. The molecule has 1 atom stereocenters. The summed E-state index contributed by atoms with van der Waals surface area (Å²) >= 11 is 0. The average Bonchev–Trinajstić information content (AvgIpc) is 2.45. The molecule has 0 bridgehead atoms. The Morgan fingerprint density at radius 3 is 2.85 bits per heavy atom. The van der Waals surface area contributed by atoms with E-state index in [9.17, 15) is 8.42 Å². The third-order valence-corrected chi connectivity index (χ3v) is 5.84. The molecule has 0 aromatic heterocycles. The van der Waals surface area contributed by atoms with Crippen molar-refractivity contribution >= 4 is 10.0 Å². The zero-order valence-electron chi connectivity index (χ0n) is 12.3. The third-order valence-electron chi connectivity index (χ3n) is 3.90. The van der Waals surface area contributed by atoms with Crippen molar-refractivity contribution in [2.24, 2.45) is 0 Å². The van der Waals surface area contributed by atoms with E-state index >= 15 is 0 Å². The minimum Gasteiger partial charge on any atom is -0.320 e. The van der Waals surface area contributed by atoms with E-state index < -0.39 is 10.0 Å². The van der Waals surface area contributed by atoms with Crippen LogP contribution in [-0.2, 0) is 10.0 Å². The van der Waals surface area contributed by atoms with Gasteiger partial charge in [-0.05, 0) is 57.5 Å². The monoisotopic (exact) mass is 296 g/mol. The van der Waals surface area contributed by atoms with Gasteiger partial charge < -0.3 is 5.32 Å². The molecule has 0 spiro atoms. The molecule has 1 aliphatic rings. The molecule has 1 unspecified atom stereocenters. The van der Waals surface area contributed by atoms with Gasteiger partial charge in [0.2, 0.25) is 10.0 Å². The maximum Gasteiger partial charge on any atom is 0.243 e. The summed E-state index contributed by atoms with van der Waals surface area (Å²) in [4.78, 5) is 0.425. The van der Waals surface area contributed by atoms with Crippen LogP contribution in [0.5, 0.6) is 0 Å². The lowest BCUT2D eigenvalue weighted by atomic mass is 10.0. The molecule has 5 heteroatoms. The van der Waals surface area contributed by atoms with Gasteiger partial charge in [-0.15, -0.1) is 0 Å².